The zero-order valence-corrected chi connectivity index (χ0v) is 12.3. The predicted octanol–water partition coefficient (Wildman–Crippen LogP) is 1.85. The molecule has 1 aromatic carbocycles. The van der Waals surface area contributed by atoms with Gasteiger partial charge in [0, 0.05) is 25.2 Å². The van der Waals surface area contributed by atoms with Crippen LogP contribution in [0.5, 0.6) is 0 Å². The van der Waals surface area contributed by atoms with Gasteiger partial charge in [-0.05, 0) is 26.0 Å². The molecule has 0 aliphatic carbocycles. The number of hydrogen-bond donors (Lipinski definition) is 1. The molecule has 1 aromatic rings. The topological polar surface area (TPSA) is 49.4 Å². The van der Waals surface area contributed by atoms with Crippen LogP contribution in [0.3, 0.4) is 0 Å². The number of halogens is 2. The number of piperazine rings is 1. The van der Waals surface area contributed by atoms with Gasteiger partial charge in [0.15, 0.2) is 5.82 Å². The largest absolute Gasteiger partial charge is 0.311 e. The standard InChI is InChI=1S/C12H16ClFN2O2S/c1-8-7-16(9(2)6-15-8)19(17,18)11-5-3-4-10(13)12(11)14/h3-5,8-9,15H,6-7H2,1-2H3. The summed E-state index contributed by atoms with van der Waals surface area (Å²) < 4.78 is 40.3. The lowest BCUT2D eigenvalue weighted by atomic mass is 10.2. The molecule has 0 bridgehead atoms. The van der Waals surface area contributed by atoms with Crippen LogP contribution in [0, 0.1) is 5.82 Å². The fraction of sp³-hybridized carbons (Fsp3) is 0.500. The maximum atomic E-state index is 13.9. The quantitative estimate of drug-likeness (QED) is 0.907. The SMILES string of the molecule is CC1CN(S(=O)(=O)c2cccc(Cl)c2F)C(C)CN1. The zero-order chi connectivity index (χ0) is 14.2. The van der Waals surface area contributed by atoms with Crippen molar-refractivity contribution in [2.45, 2.75) is 30.8 Å². The van der Waals surface area contributed by atoms with Gasteiger partial charge >= 0.3 is 0 Å². The van der Waals surface area contributed by atoms with Crippen LogP contribution in [0.4, 0.5) is 4.39 Å². The van der Waals surface area contributed by atoms with E-state index >= 15 is 0 Å². The molecule has 0 aromatic heterocycles. The van der Waals surface area contributed by atoms with Crippen molar-refractivity contribution < 1.29 is 12.8 Å². The lowest BCUT2D eigenvalue weighted by Gasteiger charge is -2.36. The molecule has 2 unspecified atom stereocenters. The van der Waals surface area contributed by atoms with E-state index in [1.807, 2.05) is 6.92 Å². The summed E-state index contributed by atoms with van der Waals surface area (Å²) in [5.41, 5.74) is 0. The molecule has 1 aliphatic heterocycles. The van der Waals surface area contributed by atoms with Crippen molar-refractivity contribution in [1.29, 1.82) is 0 Å². The highest BCUT2D eigenvalue weighted by atomic mass is 35.5. The molecule has 0 saturated carbocycles. The summed E-state index contributed by atoms with van der Waals surface area (Å²) in [4.78, 5) is -0.360. The first-order valence-electron chi connectivity index (χ1n) is 6.03. The third-order valence-electron chi connectivity index (χ3n) is 3.21. The highest BCUT2D eigenvalue weighted by Gasteiger charge is 2.35. The summed E-state index contributed by atoms with van der Waals surface area (Å²) in [6.07, 6.45) is 0. The van der Waals surface area contributed by atoms with E-state index in [1.54, 1.807) is 6.92 Å². The molecule has 106 valence electrons. The van der Waals surface area contributed by atoms with Crippen LogP contribution >= 0.6 is 11.6 Å². The smallest absolute Gasteiger partial charge is 0.246 e. The van der Waals surface area contributed by atoms with Crippen LogP contribution in [0.1, 0.15) is 13.8 Å². The van der Waals surface area contributed by atoms with Gasteiger partial charge in [-0.15, -0.1) is 0 Å². The fourth-order valence-corrected chi connectivity index (χ4v) is 4.17. The highest BCUT2D eigenvalue weighted by Crippen LogP contribution is 2.26. The molecule has 4 nitrogen and oxygen atoms in total. The maximum absolute atomic E-state index is 13.9. The molecule has 1 N–H and O–H groups in total. The second-order valence-corrected chi connectivity index (χ2v) is 7.05. The Labute approximate surface area is 117 Å². The first kappa shape index (κ1) is 14.7. The van der Waals surface area contributed by atoms with Crippen LogP contribution < -0.4 is 5.32 Å². The number of nitrogens with one attached hydrogen (secondary N) is 1. The van der Waals surface area contributed by atoms with E-state index in [0.29, 0.717) is 13.1 Å². The van der Waals surface area contributed by atoms with Gasteiger partial charge in [0.05, 0.1) is 5.02 Å². The Morgan fingerprint density at radius 3 is 2.79 bits per heavy atom. The monoisotopic (exact) mass is 306 g/mol. The molecule has 1 aliphatic rings. The van der Waals surface area contributed by atoms with Crippen molar-refractivity contribution in [3.63, 3.8) is 0 Å². The molecule has 2 rings (SSSR count). The summed E-state index contributed by atoms with van der Waals surface area (Å²) >= 11 is 5.65. The van der Waals surface area contributed by atoms with Crippen molar-refractivity contribution >= 4 is 21.6 Å². The first-order valence-corrected chi connectivity index (χ1v) is 7.85. The summed E-state index contributed by atoms with van der Waals surface area (Å²) in [5.74, 6) is -0.887. The highest BCUT2D eigenvalue weighted by molar-refractivity contribution is 7.89. The predicted molar refractivity (Wildman–Crippen MR) is 72.2 cm³/mol. The average molecular weight is 307 g/mol. The minimum atomic E-state index is -3.86. The van der Waals surface area contributed by atoms with Crippen LogP contribution in [0.25, 0.3) is 0 Å². The van der Waals surface area contributed by atoms with Crippen LogP contribution in [-0.4, -0.2) is 37.9 Å². The van der Waals surface area contributed by atoms with Crippen molar-refractivity contribution in [3.05, 3.63) is 29.0 Å². The Balaban J connectivity index is 2.44. The number of hydrogen-bond acceptors (Lipinski definition) is 3. The summed E-state index contributed by atoms with van der Waals surface area (Å²) in [6, 6.07) is 3.83. The Kier molecular flexibility index (Phi) is 4.15. The lowest BCUT2D eigenvalue weighted by molar-refractivity contribution is 0.244. The first-order chi connectivity index (χ1) is 8.84. The maximum Gasteiger partial charge on any atom is 0.246 e. The van der Waals surface area contributed by atoms with E-state index in [9.17, 15) is 12.8 Å². The Hall–Kier alpha value is -0.690. The second-order valence-electron chi connectivity index (χ2n) is 4.78. The number of nitrogens with zero attached hydrogens (tertiary/aromatic N) is 1. The van der Waals surface area contributed by atoms with Gasteiger partial charge in [-0.25, -0.2) is 12.8 Å². The van der Waals surface area contributed by atoms with Crippen molar-refractivity contribution in [3.8, 4) is 0 Å². The summed E-state index contributed by atoms with van der Waals surface area (Å²) in [6.45, 7) is 4.54. The van der Waals surface area contributed by atoms with Crippen molar-refractivity contribution in [2.24, 2.45) is 0 Å². The van der Waals surface area contributed by atoms with Crippen molar-refractivity contribution in [2.75, 3.05) is 13.1 Å². The molecular weight excluding hydrogens is 291 g/mol. The number of rotatable bonds is 2. The van der Waals surface area contributed by atoms with Crippen LogP contribution in [-0.2, 0) is 10.0 Å². The van der Waals surface area contributed by atoms with Crippen LogP contribution in [0.2, 0.25) is 5.02 Å². The Morgan fingerprint density at radius 1 is 1.42 bits per heavy atom. The van der Waals surface area contributed by atoms with Gasteiger partial charge < -0.3 is 5.32 Å². The number of sulfonamides is 1. The van der Waals surface area contributed by atoms with E-state index in [2.05, 4.69) is 5.32 Å². The second kappa shape index (κ2) is 5.36. The average Bonchev–Trinajstić information content (AvgIpc) is 2.35. The Bertz CT molecular complexity index is 579. The molecule has 0 radical (unpaired) electrons. The van der Waals surface area contributed by atoms with E-state index in [4.69, 9.17) is 11.6 Å². The van der Waals surface area contributed by atoms with Crippen molar-refractivity contribution in [1.82, 2.24) is 9.62 Å². The Morgan fingerprint density at radius 2 is 2.11 bits per heavy atom. The molecule has 2 atom stereocenters. The molecule has 1 fully saturated rings. The minimum Gasteiger partial charge on any atom is -0.311 e. The molecule has 0 amide bonds. The third-order valence-corrected chi connectivity index (χ3v) is 5.50. The molecule has 1 saturated heterocycles. The lowest BCUT2D eigenvalue weighted by Crippen LogP contribution is -2.56. The molecule has 7 heteroatoms. The van der Waals surface area contributed by atoms with E-state index in [-0.39, 0.29) is 22.0 Å². The van der Waals surface area contributed by atoms with E-state index in [0.717, 1.165) is 0 Å². The number of benzene rings is 1. The summed E-state index contributed by atoms with van der Waals surface area (Å²) in [5, 5.41) is 3.00. The van der Waals surface area contributed by atoms with E-state index in [1.165, 1.54) is 22.5 Å². The summed E-state index contributed by atoms with van der Waals surface area (Å²) in [7, 11) is -3.86. The van der Waals surface area contributed by atoms with Gasteiger partial charge in [0.1, 0.15) is 4.90 Å². The third kappa shape index (κ3) is 2.76. The molecule has 19 heavy (non-hydrogen) atoms. The van der Waals surface area contributed by atoms with Gasteiger partial charge in [0.2, 0.25) is 10.0 Å². The zero-order valence-electron chi connectivity index (χ0n) is 10.7. The molecule has 0 spiro atoms. The van der Waals surface area contributed by atoms with Crippen LogP contribution in [0.15, 0.2) is 23.1 Å². The molecule has 1 heterocycles. The fourth-order valence-electron chi connectivity index (χ4n) is 2.13. The normalized spacial score (nSPS) is 25.5. The van der Waals surface area contributed by atoms with Gasteiger partial charge in [-0.1, -0.05) is 17.7 Å². The van der Waals surface area contributed by atoms with Gasteiger partial charge in [-0.3, -0.25) is 0 Å². The van der Waals surface area contributed by atoms with Gasteiger partial charge in [0.25, 0.3) is 0 Å². The van der Waals surface area contributed by atoms with E-state index < -0.39 is 15.8 Å². The minimum absolute atomic E-state index is 0.0354. The molecular formula is C12H16ClFN2O2S. The van der Waals surface area contributed by atoms with Gasteiger partial charge in [-0.2, -0.15) is 4.31 Å².